The molecule has 1 rings (SSSR count). The fourth-order valence-corrected chi connectivity index (χ4v) is 2.97. The molecule has 6 heteroatoms. The molecule has 0 spiro atoms. The highest BCUT2D eigenvalue weighted by Crippen LogP contribution is 2.14. The second kappa shape index (κ2) is 6.52. The number of hydrogen-bond donors (Lipinski definition) is 1. The zero-order valence-electron chi connectivity index (χ0n) is 11.5. The molecule has 0 aromatic rings. The Bertz CT molecular complexity index is 379. The number of carbonyl (C=O) groups excluding carboxylic acids is 1. The number of nitrogens with one attached hydrogen (secondary N) is 1. The molecule has 1 aliphatic heterocycles. The van der Waals surface area contributed by atoms with Gasteiger partial charge in [-0.25, -0.2) is 13.1 Å². The highest BCUT2D eigenvalue weighted by atomic mass is 32.2. The third-order valence-electron chi connectivity index (χ3n) is 3.09. The van der Waals surface area contributed by atoms with Crippen LogP contribution in [0.1, 0.15) is 39.5 Å². The highest BCUT2D eigenvalue weighted by molar-refractivity contribution is 7.88. The van der Waals surface area contributed by atoms with Crippen LogP contribution in [0.4, 0.5) is 0 Å². The normalized spacial score (nSPS) is 21.3. The fourth-order valence-electron chi connectivity index (χ4n) is 2.17. The van der Waals surface area contributed by atoms with Crippen molar-refractivity contribution in [2.75, 3.05) is 19.3 Å². The van der Waals surface area contributed by atoms with Gasteiger partial charge in [0.2, 0.25) is 15.9 Å². The predicted molar refractivity (Wildman–Crippen MR) is 71.7 cm³/mol. The van der Waals surface area contributed by atoms with E-state index in [-0.39, 0.29) is 11.9 Å². The molecule has 106 valence electrons. The van der Waals surface area contributed by atoms with Crippen molar-refractivity contribution in [3.05, 3.63) is 0 Å². The number of sulfonamides is 1. The zero-order valence-corrected chi connectivity index (χ0v) is 12.3. The lowest BCUT2D eigenvalue weighted by atomic mass is 10.0. The van der Waals surface area contributed by atoms with Gasteiger partial charge >= 0.3 is 0 Å². The van der Waals surface area contributed by atoms with Crippen LogP contribution in [0, 0.1) is 5.92 Å². The van der Waals surface area contributed by atoms with E-state index in [9.17, 15) is 13.2 Å². The minimum absolute atomic E-state index is 0.128. The summed E-state index contributed by atoms with van der Waals surface area (Å²) >= 11 is 0. The summed E-state index contributed by atoms with van der Waals surface area (Å²) < 4.78 is 24.9. The SMILES string of the molecule is CC(C)CCC(=O)N1CCC[C@H](NS(C)(=O)=O)C1. The van der Waals surface area contributed by atoms with Crippen LogP contribution in [0.25, 0.3) is 0 Å². The summed E-state index contributed by atoms with van der Waals surface area (Å²) in [6, 6.07) is -0.128. The molecule has 0 unspecified atom stereocenters. The molecule has 1 atom stereocenters. The topological polar surface area (TPSA) is 66.5 Å². The number of likely N-dealkylation sites (tertiary alicyclic amines) is 1. The molecule has 1 amide bonds. The lowest BCUT2D eigenvalue weighted by Gasteiger charge is -2.33. The maximum absolute atomic E-state index is 12.0. The number of carbonyl (C=O) groups is 1. The molecular weight excluding hydrogens is 252 g/mol. The van der Waals surface area contributed by atoms with Gasteiger partial charge in [0.05, 0.1) is 6.26 Å². The Morgan fingerprint density at radius 1 is 1.44 bits per heavy atom. The van der Waals surface area contributed by atoms with Crippen LogP contribution >= 0.6 is 0 Å². The standard InChI is InChI=1S/C12H24N2O3S/c1-10(2)6-7-12(15)14-8-4-5-11(9-14)13-18(3,16)17/h10-11,13H,4-9H2,1-3H3/t11-/m0/s1. The highest BCUT2D eigenvalue weighted by Gasteiger charge is 2.25. The summed E-state index contributed by atoms with van der Waals surface area (Å²) in [5, 5.41) is 0. The predicted octanol–water partition coefficient (Wildman–Crippen LogP) is 0.963. The van der Waals surface area contributed by atoms with Crippen molar-refractivity contribution in [1.29, 1.82) is 0 Å². The first kappa shape index (κ1) is 15.4. The number of amides is 1. The third-order valence-corrected chi connectivity index (χ3v) is 3.85. The molecule has 5 nitrogen and oxygen atoms in total. The van der Waals surface area contributed by atoms with E-state index in [1.54, 1.807) is 4.90 Å². The van der Waals surface area contributed by atoms with Gasteiger partial charge in [-0.3, -0.25) is 4.79 Å². The molecule has 1 saturated heterocycles. The minimum atomic E-state index is -3.19. The molecule has 0 saturated carbocycles. The van der Waals surface area contributed by atoms with Crippen molar-refractivity contribution >= 4 is 15.9 Å². The average Bonchev–Trinajstić information content (AvgIpc) is 2.23. The largest absolute Gasteiger partial charge is 0.341 e. The number of rotatable bonds is 5. The molecular formula is C12H24N2O3S. The summed E-state index contributed by atoms with van der Waals surface area (Å²) in [5.74, 6) is 0.660. The maximum atomic E-state index is 12.0. The summed E-state index contributed by atoms with van der Waals surface area (Å²) in [7, 11) is -3.19. The first-order valence-corrected chi connectivity index (χ1v) is 8.42. The zero-order chi connectivity index (χ0) is 13.8. The first-order chi connectivity index (χ1) is 8.28. The fraction of sp³-hybridized carbons (Fsp3) is 0.917. The van der Waals surface area contributed by atoms with Crippen molar-refractivity contribution in [1.82, 2.24) is 9.62 Å². The van der Waals surface area contributed by atoms with Crippen molar-refractivity contribution in [3.63, 3.8) is 0 Å². The van der Waals surface area contributed by atoms with Crippen molar-refractivity contribution in [2.45, 2.75) is 45.6 Å². The summed E-state index contributed by atoms with van der Waals surface area (Å²) in [6.07, 6.45) is 4.27. The number of nitrogens with zero attached hydrogens (tertiary/aromatic N) is 1. The van der Waals surface area contributed by atoms with Crippen LogP contribution in [0.5, 0.6) is 0 Å². The lowest BCUT2D eigenvalue weighted by molar-refractivity contribution is -0.132. The summed E-state index contributed by atoms with van der Waals surface area (Å²) in [5.41, 5.74) is 0. The van der Waals surface area contributed by atoms with E-state index in [1.807, 2.05) is 0 Å². The van der Waals surface area contributed by atoms with Crippen LogP contribution in [-0.4, -0.2) is 44.6 Å². The molecule has 1 aliphatic rings. The van der Waals surface area contributed by atoms with Gasteiger partial charge in [0.15, 0.2) is 0 Å². The summed E-state index contributed by atoms with van der Waals surface area (Å²) in [4.78, 5) is 13.7. The van der Waals surface area contributed by atoms with Gasteiger partial charge < -0.3 is 4.90 Å². The van der Waals surface area contributed by atoms with Gasteiger partial charge in [-0.05, 0) is 25.2 Å². The molecule has 0 aromatic carbocycles. The minimum Gasteiger partial charge on any atom is -0.341 e. The van der Waals surface area contributed by atoms with E-state index in [1.165, 1.54) is 0 Å². The van der Waals surface area contributed by atoms with Crippen LogP contribution in [-0.2, 0) is 14.8 Å². The Morgan fingerprint density at radius 3 is 2.67 bits per heavy atom. The van der Waals surface area contributed by atoms with E-state index in [2.05, 4.69) is 18.6 Å². The molecule has 1 fully saturated rings. The molecule has 1 N–H and O–H groups in total. The smallest absolute Gasteiger partial charge is 0.222 e. The van der Waals surface area contributed by atoms with Crippen molar-refractivity contribution < 1.29 is 13.2 Å². The lowest BCUT2D eigenvalue weighted by Crippen LogP contribution is -2.49. The molecule has 0 aliphatic carbocycles. The molecule has 0 aromatic heterocycles. The second-order valence-corrected chi connectivity index (χ2v) is 7.28. The Balaban J connectivity index is 2.45. The van der Waals surface area contributed by atoms with E-state index in [4.69, 9.17) is 0 Å². The molecule has 0 bridgehead atoms. The van der Waals surface area contributed by atoms with Gasteiger partial charge in [-0.1, -0.05) is 13.8 Å². The second-order valence-electron chi connectivity index (χ2n) is 5.50. The van der Waals surface area contributed by atoms with Gasteiger partial charge in [0.25, 0.3) is 0 Å². The van der Waals surface area contributed by atoms with Crippen LogP contribution in [0.2, 0.25) is 0 Å². The quantitative estimate of drug-likeness (QED) is 0.813. The van der Waals surface area contributed by atoms with Crippen LogP contribution in [0.15, 0.2) is 0 Å². The number of piperidine rings is 1. The summed E-state index contributed by atoms with van der Waals surface area (Å²) in [6.45, 7) is 5.44. The van der Waals surface area contributed by atoms with E-state index in [0.717, 1.165) is 32.1 Å². The van der Waals surface area contributed by atoms with Crippen LogP contribution in [0.3, 0.4) is 0 Å². The van der Waals surface area contributed by atoms with Crippen LogP contribution < -0.4 is 4.72 Å². The van der Waals surface area contributed by atoms with Gasteiger partial charge in [0, 0.05) is 25.6 Å². The monoisotopic (exact) mass is 276 g/mol. The Labute approximate surface area is 110 Å². The maximum Gasteiger partial charge on any atom is 0.222 e. The first-order valence-electron chi connectivity index (χ1n) is 6.53. The van der Waals surface area contributed by atoms with Crippen molar-refractivity contribution in [3.8, 4) is 0 Å². The average molecular weight is 276 g/mol. The third kappa shape index (κ3) is 5.82. The van der Waals surface area contributed by atoms with E-state index in [0.29, 0.717) is 18.9 Å². The van der Waals surface area contributed by atoms with Gasteiger partial charge in [-0.2, -0.15) is 0 Å². The van der Waals surface area contributed by atoms with E-state index >= 15 is 0 Å². The van der Waals surface area contributed by atoms with Gasteiger partial charge in [0.1, 0.15) is 0 Å². The molecule has 0 radical (unpaired) electrons. The Hall–Kier alpha value is -0.620. The number of hydrogen-bond acceptors (Lipinski definition) is 3. The Morgan fingerprint density at radius 2 is 2.11 bits per heavy atom. The van der Waals surface area contributed by atoms with Crippen molar-refractivity contribution in [2.24, 2.45) is 5.92 Å². The Kier molecular flexibility index (Phi) is 5.59. The van der Waals surface area contributed by atoms with Gasteiger partial charge in [-0.15, -0.1) is 0 Å². The molecule has 18 heavy (non-hydrogen) atoms. The molecule has 1 heterocycles. The van der Waals surface area contributed by atoms with E-state index < -0.39 is 10.0 Å².